The van der Waals surface area contributed by atoms with E-state index < -0.39 is 11.8 Å². The zero-order chi connectivity index (χ0) is 23.1. The smallest absolute Gasteiger partial charge is 0.312 e. The molecule has 1 saturated heterocycles. The first-order valence-electron chi connectivity index (χ1n) is 11.8. The van der Waals surface area contributed by atoms with Crippen LogP contribution in [-0.2, 0) is 22.7 Å². The van der Waals surface area contributed by atoms with Gasteiger partial charge in [-0.15, -0.1) is 0 Å². The third kappa shape index (κ3) is 5.42. The standard InChI is InChI=1S/C26H36N4O2/c1-5-27(6-2)23-13-9-21(10-14-23)19-29-17-18-30(26(32)25(29)31)20-22-11-15-24(16-12-22)28(7-3)8-4/h9-16H,5-8,17-20H2,1-4H3. The van der Waals surface area contributed by atoms with E-state index in [-0.39, 0.29) is 0 Å². The zero-order valence-corrected chi connectivity index (χ0v) is 19.9. The van der Waals surface area contributed by atoms with Crippen molar-refractivity contribution in [3.63, 3.8) is 0 Å². The Morgan fingerprint density at radius 1 is 0.594 bits per heavy atom. The number of piperazine rings is 1. The van der Waals surface area contributed by atoms with E-state index in [2.05, 4.69) is 86.0 Å². The fourth-order valence-electron chi connectivity index (χ4n) is 4.26. The number of anilines is 2. The first kappa shape index (κ1) is 23.6. The van der Waals surface area contributed by atoms with Crippen LogP contribution in [0.1, 0.15) is 38.8 Å². The zero-order valence-electron chi connectivity index (χ0n) is 19.9. The molecule has 32 heavy (non-hydrogen) atoms. The van der Waals surface area contributed by atoms with Crippen LogP contribution < -0.4 is 9.80 Å². The molecule has 6 heteroatoms. The largest absolute Gasteiger partial charge is 0.372 e. The minimum atomic E-state index is -0.413. The van der Waals surface area contributed by atoms with Gasteiger partial charge in [-0.3, -0.25) is 9.59 Å². The Bertz CT molecular complexity index is 812. The number of hydrogen-bond acceptors (Lipinski definition) is 4. The number of hydrogen-bond donors (Lipinski definition) is 0. The molecule has 172 valence electrons. The summed E-state index contributed by atoms with van der Waals surface area (Å²) < 4.78 is 0. The first-order valence-corrected chi connectivity index (χ1v) is 11.8. The number of amides is 2. The summed E-state index contributed by atoms with van der Waals surface area (Å²) in [5.74, 6) is -0.826. The lowest BCUT2D eigenvalue weighted by molar-refractivity contribution is -0.156. The van der Waals surface area contributed by atoms with Gasteiger partial charge in [0, 0.05) is 63.7 Å². The second-order valence-electron chi connectivity index (χ2n) is 8.13. The van der Waals surface area contributed by atoms with E-state index in [0.717, 1.165) is 37.3 Å². The van der Waals surface area contributed by atoms with Crippen LogP contribution in [-0.4, -0.2) is 60.9 Å². The minimum absolute atomic E-state index is 0.413. The summed E-state index contributed by atoms with van der Waals surface area (Å²) in [6, 6.07) is 16.6. The molecule has 0 bridgehead atoms. The van der Waals surface area contributed by atoms with Crippen LogP contribution in [0.2, 0.25) is 0 Å². The van der Waals surface area contributed by atoms with Gasteiger partial charge in [0.1, 0.15) is 0 Å². The van der Waals surface area contributed by atoms with Crippen LogP contribution in [0.3, 0.4) is 0 Å². The van der Waals surface area contributed by atoms with Crippen molar-refractivity contribution in [2.75, 3.05) is 49.1 Å². The van der Waals surface area contributed by atoms with Crippen LogP contribution >= 0.6 is 0 Å². The summed E-state index contributed by atoms with van der Waals surface area (Å²) in [5, 5.41) is 0. The average Bonchev–Trinajstić information content (AvgIpc) is 2.82. The van der Waals surface area contributed by atoms with E-state index in [1.165, 1.54) is 11.4 Å². The quantitative estimate of drug-likeness (QED) is 0.532. The highest BCUT2D eigenvalue weighted by molar-refractivity contribution is 6.35. The Morgan fingerprint density at radius 3 is 1.19 bits per heavy atom. The van der Waals surface area contributed by atoms with Gasteiger partial charge in [-0.05, 0) is 63.1 Å². The topological polar surface area (TPSA) is 47.1 Å². The molecule has 6 nitrogen and oxygen atoms in total. The number of benzene rings is 2. The van der Waals surface area contributed by atoms with Gasteiger partial charge in [-0.2, -0.15) is 0 Å². The monoisotopic (exact) mass is 436 g/mol. The minimum Gasteiger partial charge on any atom is -0.372 e. The van der Waals surface area contributed by atoms with Gasteiger partial charge in [0.05, 0.1) is 0 Å². The summed E-state index contributed by atoms with van der Waals surface area (Å²) in [7, 11) is 0. The predicted molar refractivity (Wildman–Crippen MR) is 131 cm³/mol. The van der Waals surface area contributed by atoms with Crippen LogP contribution in [0.25, 0.3) is 0 Å². The fourth-order valence-corrected chi connectivity index (χ4v) is 4.26. The predicted octanol–water partition coefficient (Wildman–Crippen LogP) is 3.75. The summed E-state index contributed by atoms with van der Waals surface area (Å²) >= 11 is 0. The third-order valence-electron chi connectivity index (χ3n) is 6.27. The lowest BCUT2D eigenvalue weighted by Crippen LogP contribution is -2.53. The van der Waals surface area contributed by atoms with Crippen molar-refractivity contribution in [2.24, 2.45) is 0 Å². The second kappa shape index (κ2) is 11.0. The van der Waals surface area contributed by atoms with Crippen LogP contribution in [0.4, 0.5) is 11.4 Å². The fraction of sp³-hybridized carbons (Fsp3) is 0.462. The molecule has 3 rings (SSSR count). The molecule has 1 heterocycles. The molecule has 1 aliphatic heterocycles. The van der Waals surface area contributed by atoms with Gasteiger partial charge in [0.25, 0.3) is 0 Å². The van der Waals surface area contributed by atoms with E-state index in [0.29, 0.717) is 26.2 Å². The highest BCUT2D eigenvalue weighted by atomic mass is 16.2. The summed E-state index contributed by atoms with van der Waals surface area (Å²) in [6.07, 6.45) is 0. The van der Waals surface area contributed by atoms with Gasteiger partial charge in [0.2, 0.25) is 0 Å². The highest BCUT2D eigenvalue weighted by Gasteiger charge is 2.32. The molecule has 0 saturated carbocycles. The molecule has 0 N–H and O–H groups in total. The summed E-state index contributed by atoms with van der Waals surface area (Å²) in [4.78, 5) is 33.4. The number of rotatable bonds is 10. The molecule has 2 aromatic carbocycles. The SMILES string of the molecule is CCN(CC)c1ccc(CN2CCN(Cc3ccc(N(CC)CC)cc3)C(=O)C2=O)cc1. The van der Waals surface area contributed by atoms with Crippen molar-refractivity contribution in [1.82, 2.24) is 9.80 Å². The lowest BCUT2D eigenvalue weighted by atomic mass is 10.1. The molecule has 0 atom stereocenters. The molecule has 1 aliphatic rings. The number of carbonyl (C=O) groups is 2. The van der Waals surface area contributed by atoms with Gasteiger partial charge < -0.3 is 19.6 Å². The molecule has 0 radical (unpaired) electrons. The summed E-state index contributed by atoms with van der Waals surface area (Å²) in [5.41, 5.74) is 4.45. The number of carbonyl (C=O) groups excluding carboxylic acids is 2. The molecular formula is C26H36N4O2. The van der Waals surface area contributed by atoms with Crippen molar-refractivity contribution < 1.29 is 9.59 Å². The van der Waals surface area contributed by atoms with Gasteiger partial charge >= 0.3 is 11.8 Å². The first-order chi connectivity index (χ1) is 15.5. The van der Waals surface area contributed by atoms with Crippen molar-refractivity contribution in [3.05, 3.63) is 59.7 Å². The molecule has 1 fully saturated rings. The Labute approximate surface area is 192 Å². The second-order valence-corrected chi connectivity index (χ2v) is 8.13. The Hall–Kier alpha value is -3.02. The van der Waals surface area contributed by atoms with E-state index in [9.17, 15) is 9.59 Å². The molecule has 0 aromatic heterocycles. The maximum absolute atomic E-state index is 12.7. The van der Waals surface area contributed by atoms with Crippen LogP contribution in [0, 0.1) is 0 Å². The van der Waals surface area contributed by atoms with E-state index >= 15 is 0 Å². The average molecular weight is 437 g/mol. The number of nitrogens with zero attached hydrogens (tertiary/aromatic N) is 4. The molecule has 2 amide bonds. The van der Waals surface area contributed by atoms with Gasteiger partial charge in [-0.1, -0.05) is 24.3 Å². The van der Waals surface area contributed by atoms with E-state index in [4.69, 9.17) is 0 Å². The summed E-state index contributed by atoms with van der Waals surface area (Å²) in [6.45, 7) is 14.4. The van der Waals surface area contributed by atoms with Crippen molar-refractivity contribution >= 4 is 23.2 Å². The van der Waals surface area contributed by atoms with E-state index in [1.54, 1.807) is 9.80 Å². The molecule has 0 spiro atoms. The maximum atomic E-state index is 12.7. The molecule has 0 aliphatic carbocycles. The maximum Gasteiger partial charge on any atom is 0.312 e. The third-order valence-corrected chi connectivity index (χ3v) is 6.27. The molecule has 0 unspecified atom stereocenters. The Morgan fingerprint density at radius 2 is 0.906 bits per heavy atom. The van der Waals surface area contributed by atoms with Crippen molar-refractivity contribution in [2.45, 2.75) is 40.8 Å². The van der Waals surface area contributed by atoms with Crippen molar-refractivity contribution in [1.29, 1.82) is 0 Å². The highest BCUT2D eigenvalue weighted by Crippen LogP contribution is 2.19. The molecular weight excluding hydrogens is 400 g/mol. The van der Waals surface area contributed by atoms with Gasteiger partial charge in [-0.25, -0.2) is 0 Å². The molecule has 2 aromatic rings. The van der Waals surface area contributed by atoms with Crippen LogP contribution in [0.15, 0.2) is 48.5 Å². The van der Waals surface area contributed by atoms with Crippen molar-refractivity contribution in [3.8, 4) is 0 Å². The van der Waals surface area contributed by atoms with E-state index in [1.807, 2.05) is 0 Å². The normalized spacial score (nSPS) is 14.1. The van der Waals surface area contributed by atoms with Crippen LogP contribution in [0.5, 0.6) is 0 Å². The Kier molecular flexibility index (Phi) is 8.14. The lowest BCUT2D eigenvalue weighted by Gasteiger charge is -2.34. The van der Waals surface area contributed by atoms with Gasteiger partial charge in [0.15, 0.2) is 0 Å². The Balaban J connectivity index is 1.58.